The van der Waals surface area contributed by atoms with Crippen LogP contribution < -0.4 is 5.32 Å². The van der Waals surface area contributed by atoms with Crippen molar-refractivity contribution in [3.8, 4) is 0 Å². The summed E-state index contributed by atoms with van der Waals surface area (Å²) >= 11 is 0. The van der Waals surface area contributed by atoms with Crippen molar-refractivity contribution in [3.05, 3.63) is 29.8 Å². The summed E-state index contributed by atoms with van der Waals surface area (Å²) in [4.78, 5) is 10.8. The molecule has 1 aromatic carbocycles. The number of rotatable bonds is 4. The smallest absolute Gasteiger partial charge is 0.326 e. The highest BCUT2D eigenvalue weighted by Crippen LogP contribution is 2.11. The highest BCUT2D eigenvalue weighted by atomic mass is 16.4. The lowest BCUT2D eigenvalue weighted by Gasteiger charge is -2.13. The Kier molecular flexibility index (Phi) is 3.51. The van der Waals surface area contributed by atoms with E-state index in [1.165, 1.54) is 0 Å². The van der Waals surface area contributed by atoms with E-state index in [4.69, 9.17) is 5.11 Å². The van der Waals surface area contributed by atoms with Gasteiger partial charge in [-0.25, -0.2) is 4.79 Å². The van der Waals surface area contributed by atoms with E-state index in [2.05, 4.69) is 5.32 Å². The normalized spacial score (nSPS) is 12.1. The maximum absolute atomic E-state index is 10.8. The maximum Gasteiger partial charge on any atom is 0.326 e. The van der Waals surface area contributed by atoms with Crippen molar-refractivity contribution in [2.24, 2.45) is 0 Å². The van der Waals surface area contributed by atoms with E-state index < -0.39 is 12.0 Å². The molecule has 0 amide bonds. The van der Waals surface area contributed by atoms with Crippen molar-refractivity contribution in [1.29, 1.82) is 0 Å². The van der Waals surface area contributed by atoms with Crippen LogP contribution in [0.3, 0.4) is 0 Å². The minimum atomic E-state index is -0.811. The van der Waals surface area contributed by atoms with Gasteiger partial charge in [-0.1, -0.05) is 19.1 Å². The summed E-state index contributed by atoms with van der Waals surface area (Å²) in [7, 11) is 0. The Balaban J connectivity index is 2.72. The minimum absolute atomic E-state index is 0.503. The molecule has 0 aliphatic carbocycles. The van der Waals surface area contributed by atoms with E-state index in [0.29, 0.717) is 6.42 Å². The predicted molar refractivity (Wildman–Crippen MR) is 56.5 cm³/mol. The van der Waals surface area contributed by atoms with Crippen LogP contribution in [0.25, 0.3) is 0 Å². The molecule has 2 N–H and O–H groups in total. The van der Waals surface area contributed by atoms with Gasteiger partial charge in [-0.3, -0.25) is 0 Å². The molecule has 3 nitrogen and oxygen atoms in total. The predicted octanol–water partition coefficient (Wildman–Crippen LogP) is 2.27. The lowest BCUT2D eigenvalue weighted by Crippen LogP contribution is -2.28. The van der Waals surface area contributed by atoms with Crippen LogP contribution in [-0.2, 0) is 4.79 Å². The van der Waals surface area contributed by atoms with Crippen molar-refractivity contribution in [1.82, 2.24) is 0 Å². The summed E-state index contributed by atoms with van der Waals surface area (Å²) in [6.07, 6.45) is 0.573. The zero-order valence-electron chi connectivity index (χ0n) is 8.45. The fourth-order valence-electron chi connectivity index (χ4n) is 1.27. The van der Waals surface area contributed by atoms with Crippen molar-refractivity contribution in [3.63, 3.8) is 0 Å². The van der Waals surface area contributed by atoms with Gasteiger partial charge in [0.25, 0.3) is 0 Å². The van der Waals surface area contributed by atoms with Gasteiger partial charge in [-0.15, -0.1) is 0 Å². The van der Waals surface area contributed by atoms with Gasteiger partial charge < -0.3 is 10.4 Å². The molecule has 1 rings (SSSR count). The minimum Gasteiger partial charge on any atom is -0.480 e. The van der Waals surface area contributed by atoms with E-state index in [1.54, 1.807) is 0 Å². The molecule has 76 valence electrons. The molecule has 0 bridgehead atoms. The average molecular weight is 193 g/mol. The van der Waals surface area contributed by atoms with Crippen LogP contribution in [0.1, 0.15) is 18.9 Å². The maximum atomic E-state index is 10.8. The number of benzene rings is 1. The Morgan fingerprint density at radius 2 is 2.29 bits per heavy atom. The van der Waals surface area contributed by atoms with Gasteiger partial charge in [-0.05, 0) is 31.0 Å². The lowest BCUT2D eigenvalue weighted by atomic mass is 10.2. The second kappa shape index (κ2) is 4.65. The fraction of sp³-hybridized carbons (Fsp3) is 0.364. The third-order valence-corrected chi connectivity index (χ3v) is 2.07. The molecule has 3 heteroatoms. The Labute approximate surface area is 83.8 Å². The lowest BCUT2D eigenvalue weighted by molar-refractivity contribution is -0.137. The van der Waals surface area contributed by atoms with Gasteiger partial charge in [0.1, 0.15) is 6.04 Å². The second-order valence-corrected chi connectivity index (χ2v) is 3.31. The van der Waals surface area contributed by atoms with E-state index in [-0.39, 0.29) is 0 Å². The van der Waals surface area contributed by atoms with E-state index >= 15 is 0 Å². The van der Waals surface area contributed by atoms with Crippen LogP contribution in [0.2, 0.25) is 0 Å². The molecule has 0 saturated heterocycles. The number of nitrogens with one attached hydrogen (secondary N) is 1. The molecule has 1 atom stereocenters. The van der Waals surface area contributed by atoms with Gasteiger partial charge in [0.15, 0.2) is 0 Å². The van der Waals surface area contributed by atoms with Crippen LogP contribution in [-0.4, -0.2) is 17.1 Å². The third kappa shape index (κ3) is 2.76. The van der Waals surface area contributed by atoms with Crippen LogP contribution >= 0.6 is 0 Å². The first kappa shape index (κ1) is 10.6. The van der Waals surface area contributed by atoms with E-state index in [1.807, 2.05) is 38.1 Å². The van der Waals surface area contributed by atoms with Crippen molar-refractivity contribution < 1.29 is 9.90 Å². The van der Waals surface area contributed by atoms with E-state index in [9.17, 15) is 4.79 Å². The number of hydrogen-bond donors (Lipinski definition) is 2. The SMILES string of the molecule is CCC(Nc1cccc(C)c1)C(=O)O. The summed E-state index contributed by atoms with van der Waals surface area (Å²) in [5.41, 5.74) is 1.98. The van der Waals surface area contributed by atoms with Crippen LogP contribution in [0.5, 0.6) is 0 Å². The zero-order chi connectivity index (χ0) is 10.6. The molecule has 0 spiro atoms. The third-order valence-electron chi connectivity index (χ3n) is 2.07. The molecule has 0 fully saturated rings. The van der Waals surface area contributed by atoms with Crippen LogP contribution in [0.4, 0.5) is 5.69 Å². The average Bonchev–Trinajstić information content (AvgIpc) is 2.14. The molecule has 1 aromatic rings. The number of carboxylic acid groups (broad SMARTS) is 1. The number of aryl methyl sites for hydroxylation is 1. The Morgan fingerprint density at radius 1 is 1.57 bits per heavy atom. The van der Waals surface area contributed by atoms with E-state index in [0.717, 1.165) is 11.3 Å². The summed E-state index contributed by atoms with van der Waals surface area (Å²) in [5, 5.41) is 11.8. The summed E-state index contributed by atoms with van der Waals surface area (Å²) in [6, 6.07) is 7.19. The quantitative estimate of drug-likeness (QED) is 0.771. The Bertz CT molecular complexity index is 323. The van der Waals surface area contributed by atoms with Crippen LogP contribution in [0, 0.1) is 6.92 Å². The topological polar surface area (TPSA) is 49.3 Å². The zero-order valence-corrected chi connectivity index (χ0v) is 8.45. The van der Waals surface area contributed by atoms with Crippen molar-refractivity contribution in [2.45, 2.75) is 26.3 Å². The molecular weight excluding hydrogens is 178 g/mol. The van der Waals surface area contributed by atoms with Gasteiger partial charge >= 0.3 is 5.97 Å². The molecule has 0 aliphatic rings. The van der Waals surface area contributed by atoms with Crippen molar-refractivity contribution in [2.75, 3.05) is 5.32 Å². The summed E-state index contributed by atoms with van der Waals surface area (Å²) < 4.78 is 0. The number of carbonyl (C=O) groups is 1. The van der Waals surface area contributed by atoms with Gasteiger partial charge in [0, 0.05) is 5.69 Å². The highest BCUT2D eigenvalue weighted by molar-refractivity contribution is 5.77. The molecule has 0 saturated carbocycles. The summed E-state index contributed by atoms with van der Waals surface area (Å²) in [5.74, 6) is -0.811. The number of hydrogen-bond acceptors (Lipinski definition) is 2. The first-order valence-corrected chi connectivity index (χ1v) is 4.69. The molecule has 1 unspecified atom stereocenters. The Morgan fingerprint density at radius 3 is 2.79 bits per heavy atom. The Hall–Kier alpha value is -1.51. The van der Waals surface area contributed by atoms with Crippen LogP contribution in [0.15, 0.2) is 24.3 Å². The summed E-state index contributed by atoms with van der Waals surface area (Å²) in [6.45, 7) is 3.83. The number of aliphatic carboxylic acids is 1. The number of carboxylic acids is 1. The van der Waals surface area contributed by atoms with Crippen molar-refractivity contribution >= 4 is 11.7 Å². The molecule has 0 radical (unpaired) electrons. The molecule has 0 heterocycles. The molecule has 14 heavy (non-hydrogen) atoms. The first-order chi connectivity index (χ1) is 6.63. The highest BCUT2D eigenvalue weighted by Gasteiger charge is 2.13. The van der Waals surface area contributed by atoms with Gasteiger partial charge in [0.2, 0.25) is 0 Å². The first-order valence-electron chi connectivity index (χ1n) is 4.69. The standard InChI is InChI=1S/C11H15NO2/c1-3-10(11(13)14)12-9-6-4-5-8(2)7-9/h4-7,10,12H,3H2,1-2H3,(H,13,14). The molecule has 0 aromatic heterocycles. The monoisotopic (exact) mass is 193 g/mol. The second-order valence-electron chi connectivity index (χ2n) is 3.31. The number of anilines is 1. The van der Waals surface area contributed by atoms with Gasteiger partial charge in [-0.2, -0.15) is 0 Å². The molecular formula is C11H15NO2. The molecule has 0 aliphatic heterocycles. The van der Waals surface area contributed by atoms with Gasteiger partial charge in [0.05, 0.1) is 0 Å². The fourth-order valence-corrected chi connectivity index (χ4v) is 1.27. The largest absolute Gasteiger partial charge is 0.480 e.